The predicted octanol–water partition coefficient (Wildman–Crippen LogP) is 1.49. The first-order chi connectivity index (χ1) is 10.0. The van der Waals surface area contributed by atoms with E-state index in [1.165, 1.54) is 31.4 Å². The van der Waals surface area contributed by atoms with Gasteiger partial charge in [0.1, 0.15) is 0 Å². The molecule has 0 bridgehead atoms. The molecule has 1 aromatic carbocycles. The Morgan fingerprint density at radius 1 is 1.43 bits per heavy atom. The third-order valence-electron chi connectivity index (χ3n) is 3.29. The minimum absolute atomic E-state index is 0.0186. The fourth-order valence-corrected chi connectivity index (χ4v) is 2.11. The van der Waals surface area contributed by atoms with E-state index >= 15 is 0 Å². The van der Waals surface area contributed by atoms with Crippen molar-refractivity contribution < 1.29 is 24.5 Å². The molecule has 0 saturated carbocycles. The molecule has 5 nitrogen and oxygen atoms in total. The summed E-state index contributed by atoms with van der Waals surface area (Å²) in [4.78, 5) is 23.1. The van der Waals surface area contributed by atoms with Gasteiger partial charge in [-0.2, -0.15) is 0 Å². The van der Waals surface area contributed by atoms with Gasteiger partial charge in [0.05, 0.1) is 19.1 Å². The molecular weight excluding hydrogens is 272 g/mol. The van der Waals surface area contributed by atoms with Crippen molar-refractivity contribution in [1.82, 2.24) is 0 Å². The third kappa shape index (κ3) is 3.58. The Morgan fingerprint density at radius 2 is 2.19 bits per heavy atom. The van der Waals surface area contributed by atoms with E-state index in [1.54, 1.807) is 18.2 Å². The van der Waals surface area contributed by atoms with Gasteiger partial charge in [-0.05, 0) is 29.8 Å². The molecule has 0 spiro atoms. The Kier molecular flexibility index (Phi) is 4.55. The van der Waals surface area contributed by atoms with Crippen LogP contribution in [0.5, 0.6) is 11.5 Å². The van der Waals surface area contributed by atoms with Crippen molar-refractivity contribution >= 4 is 17.6 Å². The number of aliphatic hydroxyl groups is 1. The van der Waals surface area contributed by atoms with Gasteiger partial charge < -0.3 is 14.9 Å². The van der Waals surface area contributed by atoms with Gasteiger partial charge in [0.2, 0.25) is 0 Å². The second-order valence-corrected chi connectivity index (χ2v) is 4.79. The summed E-state index contributed by atoms with van der Waals surface area (Å²) in [5, 5.41) is 19.2. The summed E-state index contributed by atoms with van der Waals surface area (Å²) in [7, 11) is 1.44. The first-order valence-electron chi connectivity index (χ1n) is 6.49. The number of hydrogen-bond donors (Lipinski definition) is 2. The number of allylic oxidation sites excluding steroid dienone is 2. The molecule has 0 aliphatic heterocycles. The lowest BCUT2D eigenvalue weighted by Gasteiger charge is -2.19. The van der Waals surface area contributed by atoms with Crippen LogP contribution in [-0.4, -0.2) is 35.0 Å². The van der Waals surface area contributed by atoms with E-state index in [-0.39, 0.29) is 23.7 Å². The van der Waals surface area contributed by atoms with Crippen molar-refractivity contribution in [2.75, 3.05) is 7.11 Å². The summed E-state index contributed by atoms with van der Waals surface area (Å²) in [5.74, 6) is -0.826. The zero-order valence-electron chi connectivity index (χ0n) is 11.5. The SMILES string of the molecule is COc1cc(C=CC(=O)C2C=CC(=O)CC2O)ccc1O. The fraction of sp³-hybridized carbons (Fsp3) is 0.250. The number of aromatic hydroxyl groups is 1. The zero-order valence-corrected chi connectivity index (χ0v) is 11.5. The number of methoxy groups -OCH3 is 1. The molecule has 110 valence electrons. The van der Waals surface area contributed by atoms with Crippen molar-refractivity contribution in [2.45, 2.75) is 12.5 Å². The molecule has 2 unspecified atom stereocenters. The maximum absolute atomic E-state index is 12.0. The van der Waals surface area contributed by atoms with Crippen molar-refractivity contribution in [1.29, 1.82) is 0 Å². The third-order valence-corrected chi connectivity index (χ3v) is 3.29. The largest absolute Gasteiger partial charge is 0.504 e. The van der Waals surface area contributed by atoms with Gasteiger partial charge >= 0.3 is 0 Å². The van der Waals surface area contributed by atoms with Gasteiger partial charge in [-0.3, -0.25) is 9.59 Å². The number of carbonyl (C=O) groups excluding carboxylic acids is 2. The number of phenols is 1. The molecule has 21 heavy (non-hydrogen) atoms. The van der Waals surface area contributed by atoms with Gasteiger partial charge in [-0.1, -0.05) is 18.2 Å². The van der Waals surface area contributed by atoms with E-state index in [0.717, 1.165) is 0 Å². The molecule has 0 aromatic heterocycles. The molecule has 1 aliphatic carbocycles. The molecule has 1 aromatic rings. The summed E-state index contributed by atoms with van der Waals surface area (Å²) in [6.07, 6.45) is 4.66. The Hall–Kier alpha value is -2.40. The topological polar surface area (TPSA) is 83.8 Å². The summed E-state index contributed by atoms with van der Waals surface area (Å²) in [6.45, 7) is 0. The average molecular weight is 288 g/mol. The maximum atomic E-state index is 12.0. The van der Waals surface area contributed by atoms with E-state index < -0.39 is 12.0 Å². The van der Waals surface area contributed by atoms with Gasteiger partial charge in [-0.15, -0.1) is 0 Å². The van der Waals surface area contributed by atoms with Crippen LogP contribution in [0.2, 0.25) is 0 Å². The molecule has 0 saturated heterocycles. The number of carbonyl (C=O) groups is 2. The lowest BCUT2D eigenvalue weighted by atomic mass is 9.88. The Labute approximate surface area is 122 Å². The van der Waals surface area contributed by atoms with Crippen molar-refractivity contribution in [3.05, 3.63) is 42.0 Å². The van der Waals surface area contributed by atoms with Crippen molar-refractivity contribution in [2.24, 2.45) is 5.92 Å². The molecule has 0 heterocycles. The van der Waals surface area contributed by atoms with E-state index in [2.05, 4.69) is 0 Å². The lowest BCUT2D eigenvalue weighted by molar-refractivity contribution is -0.123. The second kappa shape index (κ2) is 6.37. The average Bonchev–Trinajstić information content (AvgIpc) is 2.46. The predicted molar refractivity (Wildman–Crippen MR) is 77.0 cm³/mol. The van der Waals surface area contributed by atoms with Crippen molar-refractivity contribution in [3.63, 3.8) is 0 Å². The highest BCUT2D eigenvalue weighted by Crippen LogP contribution is 2.27. The van der Waals surface area contributed by atoms with Crippen LogP contribution in [-0.2, 0) is 9.59 Å². The summed E-state index contributed by atoms with van der Waals surface area (Å²) < 4.78 is 4.98. The summed E-state index contributed by atoms with van der Waals surface area (Å²) in [6, 6.07) is 4.70. The number of ether oxygens (including phenoxy) is 1. The number of ketones is 2. The van der Waals surface area contributed by atoms with Crippen molar-refractivity contribution in [3.8, 4) is 11.5 Å². The normalized spacial score (nSPS) is 21.7. The van der Waals surface area contributed by atoms with Crippen LogP contribution < -0.4 is 4.74 Å². The Balaban J connectivity index is 2.12. The lowest BCUT2D eigenvalue weighted by Crippen LogP contribution is -2.30. The minimum atomic E-state index is -0.978. The number of hydrogen-bond acceptors (Lipinski definition) is 5. The van der Waals surface area contributed by atoms with Crippen LogP contribution >= 0.6 is 0 Å². The fourth-order valence-electron chi connectivity index (χ4n) is 2.11. The minimum Gasteiger partial charge on any atom is -0.504 e. The van der Waals surface area contributed by atoms with Crippen LogP contribution in [0.4, 0.5) is 0 Å². The number of phenolic OH excluding ortho intramolecular Hbond substituents is 1. The summed E-state index contributed by atoms with van der Waals surface area (Å²) >= 11 is 0. The van der Waals surface area contributed by atoms with E-state index in [4.69, 9.17) is 4.74 Å². The summed E-state index contributed by atoms with van der Waals surface area (Å²) in [5.41, 5.74) is 0.684. The highest BCUT2D eigenvalue weighted by atomic mass is 16.5. The first kappa shape index (κ1) is 15.0. The first-order valence-corrected chi connectivity index (χ1v) is 6.49. The van der Waals surface area contributed by atoms with Crippen LogP contribution in [0, 0.1) is 5.92 Å². The second-order valence-electron chi connectivity index (χ2n) is 4.79. The quantitative estimate of drug-likeness (QED) is 0.820. The zero-order chi connectivity index (χ0) is 15.4. The number of rotatable bonds is 4. The standard InChI is InChI=1S/C16H16O5/c1-21-16-8-10(3-7-14(16)19)2-6-13(18)12-5-4-11(17)9-15(12)20/h2-8,12,15,19-20H,9H2,1H3. The van der Waals surface area contributed by atoms with E-state index in [0.29, 0.717) is 11.3 Å². The van der Waals surface area contributed by atoms with Gasteiger partial charge in [-0.25, -0.2) is 0 Å². The highest BCUT2D eigenvalue weighted by Gasteiger charge is 2.27. The molecule has 5 heteroatoms. The molecule has 0 amide bonds. The van der Waals surface area contributed by atoms with Crippen LogP contribution in [0.3, 0.4) is 0 Å². The number of aliphatic hydroxyl groups excluding tert-OH is 1. The van der Waals surface area contributed by atoms with Gasteiger partial charge in [0.15, 0.2) is 23.1 Å². The Morgan fingerprint density at radius 3 is 2.86 bits per heavy atom. The van der Waals surface area contributed by atoms with Gasteiger partial charge in [0.25, 0.3) is 0 Å². The van der Waals surface area contributed by atoms with Crippen LogP contribution in [0.15, 0.2) is 36.4 Å². The Bertz CT molecular complexity index is 615. The molecule has 0 fully saturated rings. The molecule has 2 atom stereocenters. The molecular formula is C16H16O5. The van der Waals surface area contributed by atoms with Crippen LogP contribution in [0.1, 0.15) is 12.0 Å². The molecule has 2 rings (SSSR count). The monoisotopic (exact) mass is 288 g/mol. The molecule has 0 radical (unpaired) electrons. The molecule has 1 aliphatic rings. The van der Waals surface area contributed by atoms with Gasteiger partial charge in [0, 0.05) is 6.42 Å². The molecule has 2 N–H and O–H groups in total. The number of benzene rings is 1. The van der Waals surface area contributed by atoms with Crippen LogP contribution in [0.25, 0.3) is 6.08 Å². The highest BCUT2D eigenvalue weighted by molar-refractivity contribution is 6.00. The maximum Gasteiger partial charge on any atom is 0.165 e. The van der Waals surface area contributed by atoms with E-state index in [9.17, 15) is 19.8 Å². The van der Waals surface area contributed by atoms with E-state index in [1.807, 2.05) is 0 Å². The smallest absolute Gasteiger partial charge is 0.165 e.